The second-order valence-electron chi connectivity index (χ2n) is 2.90. The molecule has 1 heterocycles. The fraction of sp³-hybridized carbons (Fsp3) is 0.875. The van der Waals surface area contributed by atoms with Crippen molar-refractivity contribution in [2.45, 2.75) is 12.5 Å². The fourth-order valence-electron chi connectivity index (χ4n) is 1.50. The summed E-state index contributed by atoms with van der Waals surface area (Å²) in [6, 6.07) is 0. The van der Waals surface area contributed by atoms with Gasteiger partial charge in [-0.25, -0.2) is 0 Å². The van der Waals surface area contributed by atoms with E-state index >= 15 is 0 Å². The minimum atomic E-state index is -0.186. The van der Waals surface area contributed by atoms with Gasteiger partial charge in [0, 0.05) is 13.7 Å². The van der Waals surface area contributed by atoms with Gasteiger partial charge in [0.25, 0.3) is 0 Å². The standard InChI is InChI=1S/C8H15NO3/c1-11-7-3-4-9-5-6(7)8(10)12-2/h6-7,9H,3-5H2,1-2H3. The van der Waals surface area contributed by atoms with E-state index in [1.54, 1.807) is 7.11 Å². The van der Waals surface area contributed by atoms with Crippen LogP contribution in [0, 0.1) is 5.92 Å². The third-order valence-electron chi connectivity index (χ3n) is 2.23. The number of ether oxygens (including phenoxy) is 2. The van der Waals surface area contributed by atoms with Crippen molar-refractivity contribution in [2.24, 2.45) is 5.92 Å². The molecule has 1 aliphatic rings. The van der Waals surface area contributed by atoms with Gasteiger partial charge in [-0.05, 0) is 13.0 Å². The molecule has 1 saturated heterocycles. The zero-order valence-corrected chi connectivity index (χ0v) is 7.50. The molecule has 0 saturated carbocycles. The Labute approximate surface area is 72.2 Å². The molecule has 0 bridgehead atoms. The highest BCUT2D eigenvalue weighted by Gasteiger charge is 2.31. The Kier molecular flexibility index (Phi) is 3.49. The summed E-state index contributed by atoms with van der Waals surface area (Å²) in [5, 5.41) is 3.13. The van der Waals surface area contributed by atoms with E-state index in [-0.39, 0.29) is 18.0 Å². The third-order valence-corrected chi connectivity index (χ3v) is 2.23. The van der Waals surface area contributed by atoms with Crippen LogP contribution in [0.3, 0.4) is 0 Å². The van der Waals surface area contributed by atoms with Crippen molar-refractivity contribution < 1.29 is 14.3 Å². The highest BCUT2D eigenvalue weighted by atomic mass is 16.5. The Morgan fingerprint density at radius 3 is 2.83 bits per heavy atom. The van der Waals surface area contributed by atoms with E-state index < -0.39 is 0 Å². The van der Waals surface area contributed by atoms with E-state index in [1.807, 2.05) is 0 Å². The van der Waals surface area contributed by atoms with E-state index in [0.717, 1.165) is 13.0 Å². The summed E-state index contributed by atoms with van der Waals surface area (Å²) in [6.45, 7) is 1.57. The number of esters is 1. The summed E-state index contributed by atoms with van der Waals surface area (Å²) in [6.07, 6.45) is 0.884. The predicted octanol–water partition coefficient (Wildman–Crippen LogP) is -0.216. The Balaban J connectivity index is 2.52. The predicted molar refractivity (Wildman–Crippen MR) is 43.8 cm³/mol. The molecule has 2 atom stereocenters. The lowest BCUT2D eigenvalue weighted by molar-refractivity contribution is -0.151. The number of carbonyl (C=O) groups is 1. The summed E-state index contributed by atoms with van der Waals surface area (Å²) in [4.78, 5) is 11.2. The van der Waals surface area contributed by atoms with Gasteiger partial charge in [-0.15, -0.1) is 0 Å². The topological polar surface area (TPSA) is 47.6 Å². The van der Waals surface area contributed by atoms with Crippen LogP contribution in [0.4, 0.5) is 0 Å². The van der Waals surface area contributed by atoms with Crippen LogP contribution in [0.1, 0.15) is 6.42 Å². The molecule has 2 unspecified atom stereocenters. The monoisotopic (exact) mass is 173 g/mol. The highest BCUT2D eigenvalue weighted by molar-refractivity contribution is 5.73. The van der Waals surface area contributed by atoms with Crippen molar-refractivity contribution in [3.05, 3.63) is 0 Å². The molecule has 4 heteroatoms. The van der Waals surface area contributed by atoms with Crippen LogP contribution in [0.15, 0.2) is 0 Å². The van der Waals surface area contributed by atoms with Crippen LogP contribution < -0.4 is 5.32 Å². The maximum atomic E-state index is 11.2. The average molecular weight is 173 g/mol. The number of rotatable bonds is 2. The zero-order valence-electron chi connectivity index (χ0n) is 7.50. The molecule has 1 aliphatic heterocycles. The van der Waals surface area contributed by atoms with Gasteiger partial charge in [-0.1, -0.05) is 0 Å². The Morgan fingerprint density at radius 2 is 2.25 bits per heavy atom. The molecule has 0 spiro atoms. The maximum Gasteiger partial charge on any atom is 0.312 e. The molecule has 0 aliphatic carbocycles. The van der Waals surface area contributed by atoms with Crippen molar-refractivity contribution in [3.63, 3.8) is 0 Å². The first-order chi connectivity index (χ1) is 5.79. The molecule has 0 aromatic heterocycles. The van der Waals surface area contributed by atoms with Crippen molar-refractivity contribution in [3.8, 4) is 0 Å². The number of nitrogens with one attached hydrogen (secondary N) is 1. The zero-order chi connectivity index (χ0) is 8.97. The first kappa shape index (κ1) is 9.48. The Bertz CT molecular complexity index is 160. The maximum absolute atomic E-state index is 11.2. The summed E-state index contributed by atoms with van der Waals surface area (Å²) in [5.41, 5.74) is 0. The van der Waals surface area contributed by atoms with E-state index in [2.05, 4.69) is 10.1 Å². The van der Waals surface area contributed by atoms with Crippen LogP contribution in [0.5, 0.6) is 0 Å². The van der Waals surface area contributed by atoms with Crippen LogP contribution in [-0.4, -0.2) is 39.4 Å². The van der Waals surface area contributed by atoms with Gasteiger partial charge in [-0.3, -0.25) is 4.79 Å². The lowest BCUT2D eigenvalue weighted by Gasteiger charge is -2.28. The van der Waals surface area contributed by atoms with Gasteiger partial charge in [0.05, 0.1) is 19.1 Å². The molecule has 0 aromatic rings. The molecule has 1 rings (SSSR count). The highest BCUT2D eigenvalue weighted by Crippen LogP contribution is 2.15. The quantitative estimate of drug-likeness (QED) is 0.587. The molecule has 1 fully saturated rings. The van der Waals surface area contributed by atoms with Crippen LogP contribution >= 0.6 is 0 Å². The summed E-state index contributed by atoms with van der Waals surface area (Å²) in [5.74, 6) is -0.331. The van der Waals surface area contributed by atoms with Gasteiger partial charge in [-0.2, -0.15) is 0 Å². The fourth-order valence-corrected chi connectivity index (χ4v) is 1.50. The van der Waals surface area contributed by atoms with Gasteiger partial charge < -0.3 is 14.8 Å². The molecule has 12 heavy (non-hydrogen) atoms. The van der Waals surface area contributed by atoms with Gasteiger partial charge in [0.15, 0.2) is 0 Å². The molecule has 1 N–H and O–H groups in total. The molecule has 0 aromatic carbocycles. The molecule has 0 radical (unpaired) electrons. The minimum absolute atomic E-state index is 0.0127. The molecule has 70 valence electrons. The Morgan fingerprint density at radius 1 is 1.50 bits per heavy atom. The number of hydrogen-bond acceptors (Lipinski definition) is 4. The summed E-state index contributed by atoms with van der Waals surface area (Å²) >= 11 is 0. The lowest BCUT2D eigenvalue weighted by Crippen LogP contribution is -2.45. The second-order valence-corrected chi connectivity index (χ2v) is 2.90. The van der Waals surface area contributed by atoms with Crippen LogP contribution in [-0.2, 0) is 14.3 Å². The molecular formula is C8H15NO3. The van der Waals surface area contributed by atoms with Crippen LogP contribution in [0.2, 0.25) is 0 Å². The average Bonchev–Trinajstić information content (AvgIpc) is 2.16. The number of piperidine rings is 1. The normalized spacial score (nSPS) is 29.8. The number of carbonyl (C=O) groups excluding carboxylic acids is 1. The first-order valence-corrected chi connectivity index (χ1v) is 4.11. The van der Waals surface area contributed by atoms with E-state index in [9.17, 15) is 4.79 Å². The number of methoxy groups -OCH3 is 2. The first-order valence-electron chi connectivity index (χ1n) is 4.11. The van der Waals surface area contributed by atoms with Gasteiger partial charge in [0.2, 0.25) is 0 Å². The largest absolute Gasteiger partial charge is 0.469 e. The van der Waals surface area contributed by atoms with E-state index in [4.69, 9.17) is 4.74 Å². The van der Waals surface area contributed by atoms with Crippen molar-refractivity contribution in [1.29, 1.82) is 0 Å². The minimum Gasteiger partial charge on any atom is -0.469 e. The Hall–Kier alpha value is -0.610. The van der Waals surface area contributed by atoms with Gasteiger partial charge >= 0.3 is 5.97 Å². The lowest BCUT2D eigenvalue weighted by atomic mass is 9.96. The van der Waals surface area contributed by atoms with Gasteiger partial charge in [0.1, 0.15) is 0 Å². The summed E-state index contributed by atoms with van der Waals surface area (Å²) < 4.78 is 9.85. The van der Waals surface area contributed by atoms with Crippen molar-refractivity contribution >= 4 is 5.97 Å². The smallest absolute Gasteiger partial charge is 0.312 e. The van der Waals surface area contributed by atoms with Crippen molar-refractivity contribution in [2.75, 3.05) is 27.3 Å². The second kappa shape index (κ2) is 4.42. The SMILES string of the molecule is COC(=O)C1CNCCC1OC. The molecule has 0 amide bonds. The number of hydrogen-bond donors (Lipinski definition) is 1. The van der Waals surface area contributed by atoms with Crippen molar-refractivity contribution in [1.82, 2.24) is 5.32 Å². The van der Waals surface area contributed by atoms with Crippen LogP contribution in [0.25, 0.3) is 0 Å². The van der Waals surface area contributed by atoms with E-state index in [1.165, 1.54) is 7.11 Å². The molecular weight excluding hydrogens is 158 g/mol. The summed E-state index contributed by atoms with van der Waals surface area (Å²) in [7, 11) is 3.04. The third kappa shape index (κ3) is 1.95. The van der Waals surface area contributed by atoms with E-state index in [0.29, 0.717) is 6.54 Å². The molecule has 4 nitrogen and oxygen atoms in total.